The van der Waals surface area contributed by atoms with Gasteiger partial charge in [0.05, 0.1) is 0 Å². The number of anilines is 1. The number of likely N-dealkylation sites (N-methyl/N-ethyl adjacent to an activating group) is 1. The van der Waals surface area contributed by atoms with Crippen LogP contribution in [0.5, 0.6) is 0 Å². The Hall–Kier alpha value is -2.04. The first kappa shape index (κ1) is 14.4. The smallest absolute Gasteiger partial charge is 0.322 e. The van der Waals surface area contributed by atoms with Gasteiger partial charge in [0.15, 0.2) is 0 Å². The lowest BCUT2D eigenvalue weighted by atomic mass is 10.2. The molecule has 1 atom stereocenters. The van der Waals surface area contributed by atoms with E-state index < -0.39 is 0 Å². The Morgan fingerprint density at radius 1 is 1.30 bits per heavy atom. The molecule has 5 nitrogen and oxygen atoms in total. The number of hydrogen-bond donors (Lipinski definition) is 2. The fourth-order valence-electron chi connectivity index (χ4n) is 2.41. The standard InChI is InChI=1S/C15H21N3O2/c1-3-16-14(19)13-5-4-10-18(13)15(20)17-12-8-6-11(2)7-9-12/h6-9,13H,3-5,10H2,1-2H3,(H,16,19)(H,17,20). The summed E-state index contributed by atoms with van der Waals surface area (Å²) in [5.41, 5.74) is 1.89. The molecule has 0 radical (unpaired) electrons. The highest BCUT2D eigenvalue weighted by Crippen LogP contribution is 2.19. The Morgan fingerprint density at radius 3 is 2.65 bits per heavy atom. The zero-order valence-electron chi connectivity index (χ0n) is 12.0. The lowest BCUT2D eigenvalue weighted by Gasteiger charge is -2.24. The maximum Gasteiger partial charge on any atom is 0.322 e. The maximum atomic E-state index is 12.3. The summed E-state index contributed by atoms with van der Waals surface area (Å²) in [7, 11) is 0. The first-order valence-corrected chi connectivity index (χ1v) is 7.04. The first-order valence-electron chi connectivity index (χ1n) is 7.04. The first-order chi connectivity index (χ1) is 9.61. The highest BCUT2D eigenvalue weighted by Gasteiger charge is 2.33. The maximum absolute atomic E-state index is 12.3. The topological polar surface area (TPSA) is 61.4 Å². The van der Waals surface area contributed by atoms with E-state index >= 15 is 0 Å². The summed E-state index contributed by atoms with van der Waals surface area (Å²) in [6.45, 7) is 5.09. The van der Waals surface area contributed by atoms with Gasteiger partial charge in [0.25, 0.3) is 0 Å². The van der Waals surface area contributed by atoms with Gasteiger partial charge in [0.1, 0.15) is 6.04 Å². The van der Waals surface area contributed by atoms with E-state index in [1.54, 1.807) is 4.90 Å². The third-order valence-electron chi connectivity index (χ3n) is 3.47. The molecule has 1 unspecified atom stereocenters. The van der Waals surface area contributed by atoms with Crippen LogP contribution >= 0.6 is 0 Å². The van der Waals surface area contributed by atoms with Crippen molar-refractivity contribution in [3.63, 3.8) is 0 Å². The number of nitrogens with one attached hydrogen (secondary N) is 2. The quantitative estimate of drug-likeness (QED) is 0.887. The molecular weight excluding hydrogens is 254 g/mol. The second-order valence-corrected chi connectivity index (χ2v) is 5.04. The molecular formula is C15H21N3O2. The van der Waals surface area contributed by atoms with Crippen molar-refractivity contribution in [2.24, 2.45) is 0 Å². The lowest BCUT2D eigenvalue weighted by Crippen LogP contribution is -2.47. The van der Waals surface area contributed by atoms with Crippen LogP contribution in [-0.2, 0) is 4.79 Å². The van der Waals surface area contributed by atoms with Crippen LogP contribution in [0.15, 0.2) is 24.3 Å². The molecule has 1 aliphatic rings. The Kier molecular flexibility index (Phi) is 4.61. The average Bonchev–Trinajstić information content (AvgIpc) is 2.91. The largest absolute Gasteiger partial charge is 0.355 e. The van der Waals surface area contributed by atoms with Crippen LogP contribution in [0.25, 0.3) is 0 Å². The van der Waals surface area contributed by atoms with E-state index in [1.165, 1.54) is 0 Å². The molecule has 0 spiro atoms. The number of amides is 3. The third-order valence-corrected chi connectivity index (χ3v) is 3.47. The fraction of sp³-hybridized carbons (Fsp3) is 0.467. The van der Waals surface area contributed by atoms with Crippen molar-refractivity contribution in [2.75, 3.05) is 18.4 Å². The van der Waals surface area contributed by atoms with E-state index in [2.05, 4.69) is 10.6 Å². The second-order valence-electron chi connectivity index (χ2n) is 5.04. The number of urea groups is 1. The minimum absolute atomic E-state index is 0.0657. The number of rotatable bonds is 3. The summed E-state index contributed by atoms with van der Waals surface area (Å²) < 4.78 is 0. The highest BCUT2D eigenvalue weighted by atomic mass is 16.2. The van der Waals surface area contributed by atoms with Gasteiger partial charge < -0.3 is 15.5 Å². The number of benzene rings is 1. The van der Waals surface area contributed by atoms with Crippen molar-refractivity contribution in [1.29, 1.82) is 0 Å². The van der Waals surface area contributed by atoms with Gasteiger partial charge >= 0.3 is 6.03 Å². The van der Waals surface area contributed by atoms with Crippen molar-refractivity contribution in [2.45, 2.75) is 32.7 Å². The third kappa shape index (κ3) is 3.29. The number of likely N-dealkylation sites (tertiary alicyclic amines) is 1. The van der Waals surface area contributed by atoms with Gasteiger partial charge in [0, 0.05) is 18.8 Å². The highest BCUT2D eigenvalue weighted by molar-refractivity contribution is 5.94. The van der Waals surface area contributed by atoms with Gasteiger partial charge in [-0.3, -0.25) is 4.79 Å². The SMILES string of the molecule is CCNC(=O)C1CCCN1C(=O)Nc1ccc(C)cc1. The van der Waals surface area contributed by atoms with Gasteiger partial charge in [-0.1, -0.05) is 17.7 Å². The average molecular weight is 275 g/mol. The number of hydrogen-bond acceptors (Lipinski definition) is 2. The van der Waals surface area contributed by atoms with Crippen LogP contribution in [0.3, 0.4) is 0 Å². The van der Waals surface area contributed by atoms with Crippen molar-refractivity contribution < 1.29 is 9.59 Å². The van der Waals surface area contributed by atoms with Crippen LogP contribution in [0.2, 0.25) is 0 Å². The van der Waals surface area contributed by atoms with Crippen molar-refractivity contribution in [3.8, 4) is 0 Å². The van der Waals surface area contributed by atoms with Crippen molar-refractivity contribution in [1.82, 2.24) is 10.2 Å². The predicted molar refractivity (Wildman–Crippen MR) is 78.6 cm³/mol. The molecule has 2 N–H and O–H groups in total. The monoisotopic (exact) mass is 275 g/mol. The molecule has 0 aliphatic carbocycles. The van der Waals surface area contributed by atoms with Gasteiger partial charge in [-0.15, -0.1) is 0 Å². The molecule has 0 saturated carbocycles. The number of nitrogens with zero attached hydrogens (tertiary/aromatic N) is 1. The second kappa shape index (κ2) is 6.41. The molecule has 1 aromatic carbocycles. The van der Waals surface area contributed by atoms with E-state index in [1.807, 2.05) is 38.1 Å². The number of carbonyl (C=O) groups is 2. The Morgan fingerprint density at radius 2 is 2.00 bits per heavy atom. The minimum Gasteiger partial charge on any atom is -0.355 e. The molecule has 1 aliphatic heterocycles. The lowest BCUT2D eigenvalue weighted by molar-refractivity contribution is -0.124. The molecule has 20 heavy (non-hydrogen) atoms. The van der Waals surface area contributed by atoms with Crippen LogP contribution in [-0.4, -0.2) is 36.0 Å². The van der Waals surface area contributed by atoms with E-state index in [4.69, 9.17) is 0 Å². The van der Waals surface area contributed by atoms with Gasteiger partial charge in [-0.05, 0) is 38.8 Å². The van der Waals surface area contributed by atoms with Crippen molar-refractivity contribution >= 4 is 17.6 Å². The van der Waals surface area contributed by atoms with Crippen LogP contribution in [0, 0.1) is 6.92 Å². The van der Waals surface area contributed by atoms with Crippen LogP contribution in [0.1, 0.15) is 25.3 Å². The minimum atomic E-state index is -0.347. The summed E-state index contributed by atoms with van der Waals surface area (Å²) in [6.07, 6.45) is 1.59. The zero-order chi connectivity index (χ0) is 14.5. The molecule has 5 heteroatoms. The van der Waals surface area contributed by atoms with E-state index in [9.17, 15) is 9.59 Å². The van der Waals surface area contributed by atoms with Gasteiger partial charge in [-0.25, -0.2) is 4.79 Å². The van der Waals surface area contributed by atoms with E-state index in [-0.39, 0.29) is 18.0 Å². The van der Waals surface area contributed by atoms with Crippen LogP contribution < -0.4 is 10.6 Å². The molecule has 1 saturated heterocycles. The Labute approximate surface area is 119 Å². The molecule has 3 amide bonds. The van der Waals surface area contributed by atoms with Gasteiger partial charge in [0.2, 0.25) is 5.91 Å². The summed E-state index contributed by atoms with van der Waals surface area (Å²) in [6, 6.07) is 7.07. The molecule has 1 aromatic rings. The Bertz CT molecular complexity index is 484. The Balaban J connectivity index is 2.00. The van der Waals surface area contributed by atoms with Crippen molar-refractivity contribution in [3.05, 3.63) is 29.8 Å². The number of carbonyl (C=O) groups excluding carboxylic acids is 2. The van der Waals surface area contributed by atoms with E-state index in [0.717, 1.165) is 24.1 Å². The summed E-state index contributed by atoms with van der Waals surface area (Å²) in [4.78, 5) is 25.8. The zero-order valence-corrected chi connectivity index (χ0v) is 12.0. The molecule has 1 fully saturated rings. The van der Waals surface area contributed by atoms with Crippen LogP contribution in [0.4, 0.5) is 10.5 Å². The fourth-order valence-corrected chi connectivity index (χ4v) is 2.41. The summed E-state index contributed by atoms with van der Waals surface area (Å²) >= 11 is 0. The predicted octanol–water partition coefficient (Wildman–Crippen LogP) is 2.13. The van der Waals surface area contributed by atoms with Gasteiger partial charge in [-0.2, -0.15) is 0 Å². The molecule has 0 bridgehead atoms. The molecule has 2 rings (SSSR count). The van der Waals surface area contributed by atoms with E-state index in [0.29, 0.717) is 13.1 Å². The summed E-state index contributed by atoms with van der Waals surface area (Å²) in [5, 5.41) is 5.63. The summed E-state index contributed by atoms with van der Waals surface area (Å²) in [5.74, 6) is -0.0657. The molecule has 108 valence electrons. The normalized spacial score (nSPS) is 17.9. The molecule has 0 aromatic heterocycles. The molecule has 1 heterocycles. The number of aryl methyl sites for hydroxylation is 1.